The van der Waals surface area contributed by atoms with E-state index in [1.54, 1.807) is 0 Å². The van der Waals surface area contributed by atoms with Crippen molar-refractivity contribution in [2.24, 2.45) is 0 Å². The number of rotatable bonds is 9. The average Bonchev–Trinajstić information content (AvgIpc) is 3.96. The Labute approximate surface area is 402 Å². The summed E-state index contributed by atoms with van der Waals surface area (Å²) in [6, 6.07) is 55.1. The molecule has 318 valence electrons. The van der Waals surface area contributed by atoms with Gasteiger partial charge in [-0.3, -0.25) is 0 Å². The third kappa shape index (κ3) is 7.18. The number of aromatic nitrogens is 8. The third-order valence-corrected chi connectivity index (χ3v) is 11.7. The van der Waals surface area contributed by atoms with Crippen molar-refractivity contribution in [3.05, 3.63) is 182 Å². The summed E-state index contributed by atoms with van der Waals surface area (Å²) in [5.41, 5.74) is 7.66. The molecule has 0 aliphatic heterocycles. The molecule has 6 aromatic heterocycles. The van der Waals surface area contributed by atoms with Crippen molar-refractivity contribution in [3.8, 4) is 40.6 Å². The molecule has 0 radical (unpaired) electrons. The standard InChI is InChI=1S/C53H34N8O2.2Pt/c1-3-33-21-23-55-51(25-33)59-45-11-7-5-9-39(45)41-17-13-35(27-47(41)59)62-37-15-19-43-44-20-16-38(30-50(44)61(49(43)29-37)53-57-31-54-32-58-53)63-36-14-18-42-40-10-6-8-12-46(40)60(48(42)28-36)52-26-34(4-2)22-24-56-52;;/h5-26,31-32H,3-4H2,1-2H3;;/q-4;2*+2. The maximum atomic E-state index is 6.57. The monoisotopic (exact) mass is 1200 g/mol. The van der Waals surface area contributed by atoms with E-state index in [1.807, 2.05) is 65.5 Å². The molecule has 0 spiro atoms. The first kappa shape index (κ1) is 42.0. The second-order valence-corrected chi connectivity index (χ2v) is 15.3. The number of nitrogens with zero attached hydrogens (tertiary/aromatic N) is 8. The molecular weight excluding hydrogens is 1170 g/mol. The number of benzene rings is 6. The molecule has 65 heavy (non-hydrogen) atoms. The maximum absolute atomic E-state index is 6.57. The van der Waals surface area contributed by atoms with E-state index < -0.39 is 0 Å². The zero-order chi connectivity index (χ0) is 42.0. The Kier molecular flexibility index (Phi) is 11.1. The van der Waals surface area contributed by atoms with Crippen LogP contribution >= 0.6 is 0 Å². The van der Waals surface area contributed by atoms with Crippen molar-refractivity contribution < 1.29 is 51.6 Å². The number of fused-ring (bicyclic) bond motifs is 9. The van der Waals surface area contributed by atoms with Gasteiger partial charge >= 0.3 is 42.1 Å². The van der Waals surface area contributed by atoms with Gasteiger partial charge in [-0.1, -0.05) is 72.3 Å². The van der Waals surface area contributed by atoms with Crippen LogP contribution in [0.1, 0.15) is 25.0 Å². The van der Waals surface area contributed by atoms with Gasteiger partial charge in [-0.15, -0.1) is 59.3 Å². The van der Waals surface area contributed by atoms with Gasteiger partial charge in [-0.2, -0.15) is 35.0 Å². The van der Waals surface area contributed by atoms with Crippen molar-refractivity contribution in [2.75, 3.05) is 0 Å². The summed E-state index contributed by atoms with van der Waals surface area (Å²) < 4.78 is 19.3. The van der Waals surface area contributed by atoms with Crippen LogP contribution in [-0.4, -0.2) is 38.6 Å². The number of ether oxygens (including phenoxy) is 2. The summed E-state index contributed by atoms with van der Waals surface area (Å²) in [5.74, 6) is 4.16. The fourth-order valence-electron chi connectivity index (χ4n) is 8.68. The minimum Gasteiger partial charge on any atom is -0.509 e. The Hall–Kier alpha value is -6.99. The van der Waals surface area contributed by atoms with Gasteiger partial charge in [-0.25, -0.2) is 24.9 Å². The molecule has 0 atom stereocenters. The van der Waals surface area contributed by atoms with Crippen LogP contribution in [0, 0.1) is 24.3 Å². The Balaban J connectivity index is 0.00000249. The van der Waals surface area contributed by atoms with Crippen LogP contribution in [0.5, 0.6) is 23.0 Å². The predicted molar refractivity (Wildman–Crippen MR) is 246 cm³/mol. The van der Waals surface area contributed by atoms with Gasteiger partial charge < -0.3 is 23.2 Å². The predicted octanol–water partition coefficient (Wildman–Crippen LogP) is 11.9. The second-order valence-electron chi connectivity index (χ2n) is 15.3. The van der Waals surface area contributed by atoms with Gasteiger partial charge in [0.05, 0.1) is 0 Å². The minimum absolute atomic E-state index is 0. The Bertz CT molecular complexity index is 3530. The molecule has 0 aliphatic rings. The smallest absolute Gasteiger partial charge is 0.509 e. The van der Waals surface area contributed by atoms with Crippen LogP contribution in [0.15, 0.2) is 146 Å². The van der Waals surface area contributed by atoms with Crippen LogP contribution in [0.4, 0.5) is 0 Å². The molecule has 12 aromatic rings. The number of hydrogen-bond acceptors (Lipinski definition) is 7. The van der Waals surface area contributed by atoms with E-state index in [9.17, 15) is 0 Å². The molecule has 6 heterocycles. The third-order valence-electron chi connectivity index (χ3n) is 11.7. The molecule has 0 saturated heterocycles. The summed E-state index contributed by atoms with van der Waals surface area (Å²) >= 11 is 0. The Morgan fingerprint density at radius 2 is 0.815 bits per heavy atom. The second kappa shape index (κ2) is 17.2. The fourth-order valence-corrected chi connectivity index (χ4v) is 8.68. The van der Waals surface area contributed by atoms with Crippen molar-refractivity contribution >= 4 is 65.4 Å². The molecule has 0 fully saturated rings. The zero-order valence-corrected chi connectivity index (χ0v) is 39.3. The number of aryl methyl sites for hydroxylation is 2. The molecule has 0 bridgehead atoms. The van der Waals surface area contributed by atoms with Crippen LogP contribution in [0.3, 0.4) is 0 Å². The molecule has 12 rings (SSSR count). The molecule has 6 aromatic carbocycles. The van der Waals surface area contributed by atoms with E-state index in [4.69, 9.17) is 19.4 Å². The summed E-state index contributed by atoms with van der Waals surface area (Å²) in [7, 11) is 0. The maximum Gasteiger partial charge on any atom is 2.00 e. The molecule has 0 N–H and O–H groups in total. The molecule has 0 aliphatic carbocycles. The van der Waals surface area contributed by atoms with Crippen molar-refractivity contribution in [3.63, 3.8) is 0 Å². The normalized spacial score (nSPS) is 11.4. The Morgan fingerprint density at radius 1 is 0.431 bits per heavy atom. The van der Waals surface area contributed by atoms with Gasteiger partial charge in [0.2, 0.25) is 5.95 Å². The number of hydrogen-bond donors (Lipinski definition) is 0. The van der Waals surface area contributed by atoms with Crippen molar-refractivity contribution in [1.82, 2.24) is 38.6 Å². The Morgan fingerprint density at radius 3 is 1.23 bits per heavy atom. The van der Waals surface area contributed by atoms with Gasteiger partial charge in [0.15, 0.2) is 0 Å². The van der Waals surface area contributed by atoms with Crippen molar-refractivity contribution in [1.29, 1.82) is 0 Å². The first-order valence-corrected chi connectivity index (χ1v) is 20.8. The topological polar surface area (TPSA) is 97.7 Å². The first-order chi connectivity index (χ1) is 31.1. The summed E-state index contributed by atoms with van der Waals surface area (Å²) in [5, 5.41) is 6.18. The molecule has 0 amide bonds. The van der Waals surface area contributed by atoms with Gasteiger partial charge in [0, 0.05) is 46.4 Å². The average molecular weight is 1210 g/mol. The SMILES string of the molecule is CCc1ccnc(-n2c3[c-]c(Oc4[c-]c5c(cc4)c4ccc(Oc6[c-]c7c(cc6)c6ccccc6n7-c6cc(CC)ccn6)[c-]c4n5-c4ncncn4)ccc3c3ccccc32)c1.[Pt+2].[Pt+2]. The van der Waals surface area contributed by atoms with Gasteiger partial charge in [0.1, 0.15) is 24.3 Å². The molecule has 12 heteroatoms. The van der Waals surface area contributed by atoms with E-state index in [0.29, 0.717) is 40.0 Å². The zero-order valence-electron chi connectivity index (χ0n) is 34.8. The number of pyridine rings is 2. The minimum atomic E-state index is 0. The first-order valence-electron chi connectivity index (χ1n) is 20.8. The van der Waals surface area contributed by atoms with Gasteiger partial charge in [-0.05, 0) is 71.1 Å². The van der Waals surface area contributed by atoms with Crippen LogP contribution in [0.2, 0.25) is 0 Å². The van der Waals surface area contributed by atoms with E-state index in [2.05, 4.69) is 135 Å². The van der Waals surface area contributed by atoms with Gasteiger partial charge in [0.25, 0.3) is 0 Å². The number of para-hydroxylation sites is 2. The fraction of sp³-hybridized carbons (Fsp3) is 0.0755. The quantitative estimate of drug-likeness (QED) is 0.133. The van der Waals surface area contributed by atoms with Crippen LogP contribution in [-0.2, 0) is 55.0 Å². The molecule has 10 nitrogen and oxygen atoms in total. The van der Waals surface area contributed by atoms with Crippen LogP contribution in [0.25, 0.3) is 83.0 Å². The summed E-state index contributed by atoms with van der Waals surface area (Å²) in [6.45, 7) is 4.29. The van der Waals surface area contributed by atoms with Crippen LogP contribution < -0.4 is 9.47 Å². The van der Waals surface area contributed by atoms with Crippen molar-refractivity contribution in [2.45, 2.75) is 26.7 Å². The molecular formula is C53H34N8O2Pt2. The van der Waals surface area contributed by atoms with E-state index in [1.165, 1.54) is 23.8 Å². The van der Waals surface area contributed by atoms with E-state index in [0.717, 1.165) is 78.9 Å². The van der Waals surface area contributed by atoms with E-state index >= 15 is 0 Å². The molecule has 0 unspecified atom stereocenters. The summed E-state index contributed by atoms with van der Waals surface area (Å²) in [6.07, 6.45) is 8.49. The largest absolute Gasteiger partial charge is 2.00 e. The molecule has 0 saturated carbocycles. The van der Waals surface area contributed by atoms with E-state index in [-0.39, 0.29) is 42.1 Å². The summed E-state index contributed by atoms with van der Waals surface area (Å²) in [4.78, 5) is 22.7.